The van der Waals surface area contributed by atoms with Gasteiger partial charge in [0.2, 0.25) is 0 Å². The van der Waals surface area contributed by atoms with Crippen LogP contribution in [-0.2, 0) is 0 Å². The van der Waals surface area contributed by atoms with Crippen LogP contribution in [0.4, 0.5) is 0 Å². The third-order valence-electron chi connectivity index (χ3n) is 4.39. The SMILES string of the molecule is Brc1ccc(-c2ccccc2-c2ccc(-c3ccccc3)cc2)cc1. The Labute approximate surface area is 156 Å². The van der Waals surface area contributed by atoms with Crippen LogP contribution in [0.3, 0.4) is 0 Å². The minimum atomic E-state index is 1.10. The van der Waals surface area contributed by atoms with Crippen molar-refractivity contribution in [3.05, 3.63) is 108 Å². The molecule has 0 atom stereocenters. The molecule has 120 valence electrons. The topological polar surface area (TPSA) is 0 Å². The molecule has 4 aromatic rings. The molecule has 0 saturated heterocycles. The molecule has 0 saturated carbocycles. The van der Waals surface area contributed by atoms with Crippen LogP contribution in [0.15, 0.2) is 108 Å². The molecular formula is C24H17Br. The van der Waals surface area contributed by atoms with E-state index in [1.54, 1.807) is 0 Å². The van der Waals surface area contributed by atoms with Crippen LogP contribution in [0.2, 0.25) is 0 Å². The van der Waals surface area contributed by atoms with E-state index in [2.05, 4.69) is 113 Å². The molecule has 0 unspecified atom stereocenters. The molecule has 4 aromatic carbocycles. The fourth-order valence-electron chi connectivity index (χ4n) is 3.09. The summed E-state index contributed by atoms with van der Waals surface area (Å²) in [6.45, 7) is 0. The summed E-state index contributed by atoms with van der Waals surface area (Å²) in [7, 11) is 0. The lowest BCUT2D eigenvalue weighted by Gasteiger charge is -2.11. The van der Waals surface area contributed by atoms with E-state index >= 15 is 0 Å². The predicted molar refractivity (Wildman–Crippen MR) is 110 cm³/mol. The molecule has 0 radical (unpaired) electrons. The third-order valence-corrected chi connectivity index (χ3v) is 4.91. The van der Waals surface area contributed by atoms with Gasteiger partial charge in [-0.3, -0.25) is 0 Å². The molecule has 0 bridgehead atoms. The molecule has 0 amide bonds. The van der Waals surface area contributed by atoms with E-state index in [1.165, 1.54) is 33.4 Å². The summed E-state index contributed by atoms with van der Waals surface area (Å²) in [4.78, 5) is 0. The summed E-state index contributed by atoms with van der Waals surface area (Å²) >= 11 is 3.51. The lowest BCUT2D eigenvalue weighted by Crippen LogP contribution is -1.85. The highest BCUT2D eigenvalue weighted by molar-refractivity contribution is 9.10. The molecule has 25 heavy (non-hydrogen) atoms. The largest absolute Gasteiger partial charge is 0.0622 e. The Kier molecular flexibility index (Phi) is 4.49. The van der Waals surface area contributed by atoms with Crippen molar-refractivity contribution in [1.29, 1.82) is 0 Å². The Balaban J connectivity index is 1.74. The molecule has 0 nitrogen and oxygen atoms in total. The first-order valence-corrected chi connectivity index (χ1v) is 9.11. The van der Waals surface area contributed by atoms with E-state index in [0.717, 1.165) is 4.47 Å². The van der Waals surface area contributed by atoms with Gasteiger partial charge in [0.1, 0.15) is 0 Å². The quantitative estimate of drug-likeness (QED) is 0.344. The van der Waals surface area contributed by atoms with Crippen molar-refractivity contribution in [2.24, 2.45) is 0 Å². The van der Waals surface area contributed by atoms with Gasteiger partial charge in [-0.05, 0) is 45.5 Å². The van der Waals surface area contributed by atoms with Crippen molar-refractivity contribution < 1.29 is 0 Å². The van der Waals surface area contributed by atoms with Crippen LogP contribution >= 0.6 is 15.9 Å². The summed E-state index contributed by atoms with van der Waals surface area (Å²) in [6.07, 6.45) is 0. The highest BCUT2D eigenvalue weighted by Gasteiger charge is 2.07. The molecule has 0 aromatic heterocycles. The molecule has 0 aliphatic carbocycles. The Bertz CT molecular complexity index is 968. The average molecular weight is 385 g/mol. The van der Waals surface area contributed by atoms with Crippen LogP contribution in [0.25, 0.3) is 33.4 Å². The van der Waals surface area contributed by atoms with Gasteiger partial charge in [-0.25, -0.2) is 0 Å². The van der Waals surface area contributed by atoms with Crippen LogP contribution in [0, 0.1) is 0 Å². The molecule has 0 N–H and O–H groups in total. The van der Waals surface area contributed by atoms with Gasteiger partial charge < -0.3 is 0 Å². The molecule has 0 fully saturated rings. The van der Waals surface area contributed by atoms with Crippen LogP contribution < -0.4 is 0 Å². The molecule has 0 aliphatic heterocycles. The monoisotopic (exact) mass is 384 g/mol. The van der Waals surface area contributed by atoms with E-state index in [0.29, 0.717) is 0 Å². The van der Waals surface area contributed by atoms with E-state index in [4.69, 9.17) is 0 Å². The van der Waals surface area contributed by atoms with Crippen molar-refractivity contribution in [2.75, 3.05) is 0 Å². The Morgan fingerprint density at radius 2 is 0.760 bits per heavy atom. The minimum absolute atomic E-state index is 1.10. The maximum Gasteiger partial charge on any atom is 0.0175 e. The maximum absolute atomic E-state index is 3.51. The summed E-state index contributed by atoms with van der Waals surface area (Å²) < 4.78 is 1.10. The first-order valence-electron chi connectivity index (χ1n) is 8.32. The van der Waals surface area contributed by atoms with Gasteiger partial charge in [-0.15, -0.1) is 0 Å². The Morgan fingerprint density at radius 3 is 1.32 bits per heavy atom. The van der Waals surface area contributed by atoms with Gasteiger partial charge in [-0.2, -0.15) is 0 Å². The lowest BCUT2D eigenvalue weighted by atomic mass is 9.93. The fraction of sp³-hybridized carbons (Fsp3) is 0. The summed E-state index contributed by atoms with van der Waals surface area (Å²) in [5.74, 6) is 0. The molecule has 4 rings (SSSR count). The summed E-state index contributed by atoms with van der Waals surface area (Å²) in [5, 5.41) is 0. The number of hydrogen-bond donors (Lipinski definition) is 0. The van der Waals surface area contributed by atoms with Gasteiger partial charge in [-0.1, -0.05) is 107 Å². The maximum atomic E-state index is 3.51. The van der Waals surface area contributed by atoms with Gasteiger partial charge >= 0.3 is 0 Å². The second-order valence-corrected chi connectivity index (χ2v) is 6.91. The first kappa shape index (κ1) is 15.9. The number of benzene rings is 4. The van der Waals surface area contributed by atoms with Crippen LogP contribution in [0.5, 0.6) is 0 Å². The third kappa shape index (κ3) is 3.42. The van der Waals surface area contributed by atoms with E-state index in [1.807, 2.05) is 6.07 Å². The molecule has 0 aliphatic rings. The van der Waals surface area contributed by atoms with Crippen molar-refractivity contribution in [1.82, 2.24) is 0 Å². The standard InChI is InChI=1S/C24H17Br/c25-22-16-14-21(15-17-22)24-9-5-4-8-23(24)20-12-10-19(11-13-20)18-6-2-1-3-7-18/h1-17H. The predicted octanol–water partition coefficient (Wildman–Crippen LogP) is 7.45. The number of rotatable bonds is 3. The second-order valence-electron chi connectivity index (χ2n) is 6.00. The van der Waals surface area contributed by atoms with Gasteiger partial charge in [0.25, 0.3) is 0 Å². The molecule has 0 heterocycles. The number of hydrogen-bond acceptors (Lipinski definition) is 0. The second kappa shape index (κ2) is 7.08. The van der Waals surface area contributed by atoms with Gasteiger partial charge in [0.05, 0.1) is 0 Å². The average Bonchev–Trinajstić information content (AvgIpc) is 2.69. The zero-order valence-electron chi connectivity index (χ0n) is 13.7. The Hall–Kier alpha value is -2.64. The Morgan fingerprint density at radius 1 is 0.360 bits per heavy atom. The lowest BCUT2D eigenvalue weighted by molar-refractivity contribution is 1.56. The zero-order chi connectivity index (χ0) is 17.1. The normalized spacial score (nSPS) is 10.6. The summed E-state index contributed by atoms with van der Waals surface area (Å²) in [5.41, 5.74) is 7.46. The highest BCUT2D eigenvalue weighted by Crippen LogP contribution is 2.33. The van der Waals surface area contributed by atoms with Crippen molar-refractivity contribution in [3.63, 3.8) is 0 Å². The van der Waals surface area contributed by atoms with E-state index in [9.17, 15) is 0 Å². The highest BCUT2D eigenvalue weighted by atomic mass is 79.9. The molecule has 1 heteroatoms. The zero-order valence-corrected chi connectivity index (χ0v) is 15.3. The first-order chi connectivity index (χ1) is 12.3. The molecule has 0 spiro atoms. The fourth-order valence-corrected chi connectivity index (χ4v) is 3.35. The van der Waals surface area contributed by atoms with Crippen LogP contribution in [0.1, 0.15) is 0 Å². The van der Waals surface area contributed by atoms with Crippen LogP contribution in [-0.4, -0.2) is 0 Å². The van der Waals surface area contributed by atoms with Crippen molar-refractivity contribution in [2.45, 2.75) is 0 Å². The van der Waals surface area contributed by atoms with Crippen molar-refractivity contribution >= 4 is 15.9 Å². The van der Waals surface area contributed by atoms with E-state index in [-0.39, 0.29) is 0 Å². The minimum Gasteiger partial charge on any atom is -0.0622 e. The molecular weight excluding hydrogens is 368 g/mol. The number of halogens is 1. The van der Waals surface area contributed by atoms with Gasteiger partial charge in [0, 0.05) is 4.47 Å². The summed E-state index contributed by atoms with van der Waals surface area (Å²) in [6, 6.07) is 36.4. The van der Waals surface area contributed by atoms with Crippen molar-refractivity contribution in [3.8, 4) is 33.4 Å². The smallest absolute Gasteiger partial charge is 0.0175 e. The van der Waals surface area contributed by atoms with Gasteiger partial charge in [0.15, 0.2) is 0 Å². The van der Waals surface area contributed by atoms with E-state index < -0.39 is 0 Å².